The second kappa shape index (κ2) is 14.1. The van der Waals surface area contributed by atoms with E-state index in [1.807, 2.05) is 6.92 Å². The van der Waals surface area contributed by atoms with Gasteiger partial charge in [-0.05, 0) is 37.0 Å². The number of esters is 1. The Bertz CT molecular complexity index is 932. The van der Waals surface area contributed by atoms with Gasteiger partial charge in [-0.25, -0.2) is 0 Å². The number of ether oxygens (including phenoxy) is 1. The Kier molecular flexibility index (Phi) is 11.2. The maximum Gasteiger partial charge on any atom is 0.305 e. The number of hydrogen-bond donors (Lipinski definition) is 3. The van der Waals surface area contributed by atoms with Gasteiger partial charge >= 0.3 is 5.97 Å². The van der Waals surface area contributed by atoms with Crippen molar-refractivity contribution in [1.29, 1.82) is 0 Å². The lowest BCUT2D eigenvalue weighted by atomic mass is 10.1. The molecule has 35 heavy (non-hydrogen) atoms. The summed E-state index contributed by atoms with van der Waals surface area (Å²) in [5.74, 6) is -1.42. The molecule has 1 aliphatic rings. The first-order valence-corrected chi connectivity index (χ1v) is 12.1. The Morgan fingerprint density at radius 1 is 1.09 bits per heavy atom. The molecule has 0 aliphatic carbocycles. The van der Waals surface area contributed by atoms with E-state index in [1.165, 1.54) is 17.0 Å². The lowest BCUT2D eigenvalue weighted by Crippen LogP contribution is -2.31. The van der Waals surface area contributed by atoms with Crippen molar-refractivity contribution in [1.82, 2.24) is 10.2 Å². The van der Waals surface area contributed by atoms with Crippen LogP contribution in [0.4, 0.5) is 5.69 Å². The molecule has 1 aliphatic heterocycles. The van der Waals surface area contributed by atoms with E-state index >= 15 is 0 Å². The minimum atomic E-state index is -0.381. The molecule has 192 valence electrons. The second-order valence-corrected chi connectivity index (χ2v) is 8.52. The van der Waals surface area contributed by atoms with Crippen molar-refractivity contribution in [2.75, 3.05) is 18.4 Å². The number of phenols is 1. The van der Waals surface area contributed by atoms with Crippen LogP contribution in [0.3, 0.4) is 0 Å². The Morgan fingerprint density at radius 3 is 2.54 bits per heavy atom. The summed E-state index contributed by atoms with van der Waals surface area (Å²) in [6.45, 7) is 4.17. The van der Waals surface area contributed by atoms with E-state index in [0.717, 1.165) is 0 Å². The first-order valence-electron chi connectivity index (χ1n) is 12.1. The van der Waals surface area contributed by atoms with E-state index in [9.17, 15) is 29.1 Å². The minimum Gasteiger partial charge on any atom is -0.506 e. The number of phenolic OH excluding ortho intramolecular Hbond substituents is 1. The maximum absolute atomic E-state index is 12.2. The van der Waals surface area contributed by atoms with Crippen molar-refractivity contribution in [3.63, 3.8) is 0 Å². The summed E-state index contributed by atoms with van der Waals surface area (Å²) in [5.41, 5.74) is 0.823. The average molecular weight is 490 g/mol. The zero-order valence-corrected chi connectivity index (χ0v) is 20.4. The van der Waals surface area contributed by atoms with E-state index in [4.69, 9.17) is 4.74 Å². The van der Waals surface area contributed by atoms with Crippen LogP contribution in [-0.4, -0.2) is 52.7 Å². The number of amides is 4. The number of hydrogen-bond acceptors (Lipinski definition) is 7. The van der Waals surface area contributed by atoms with Gasteiger partial charge in [0.25, 0.3) is 0 Å². The van der Waals surface area contributed by atoms with Crippen LogP contribution in [0.5, 0.6) is 5.75 Å². The molecule has 0 radical (unpaired) electrons. The topological polar surface area (TPSA) is 142 Å². The SMILES string of the molecule is CCC(=O)OCc1ccc(O)c(NC(=O)CCNC(=O)CCCCCN2C(=O)CC(CC)C2=O)c1. The normalized spacial score (nSPS) is 15.3. The molecule has 10 nitrogen and oxygen atoms in total. The maximum atomic E-state index is 12.2. The highest BCUT2D eigenvalue weighted by atomic mass is 16.5. The van der Waals surface area contributed by atoms with E-state index < -0.39 is 0 Å². The summed E-state index contributed by atoms with van der Waals surface area (Å²) >= 11 is 0. The van der Waals surface area contributed by atoms with Crippen LogP contribution in [0.1, 0.15) is 70.8 Å². The summed E-state index contributed by atoms with van der Waals surface area (Å²) < 4.78 is 5.05. The Balaban J connectivity index is 1.61. The van der Waals surface area contributed by atoms with Gasteiger partial charge in [0.05, 0.1) is 5.69 Å². The highest BCUT2D eigenvalue weighted by Gasteiger charge is 2.36. The smallest absolute Gasteiger partial charge is 0.305 e. The molecule has 0 saturated carbocycles. The first-order chi connectivity index (χ1) is 16.7. The Morgan fingerprint density at radius 2 is 1.86 bits per heavy atom. The van der Waals surface area contributed by atoms with Crippen LogP contribution in [0.25, 0.3) is 0 Å². The molecule has 0 bridgehead atoms. The zero-order chi connectivity index (χ0) is 25.8. The highest BCUT2D eigenvalue weighted by molar-refractivity contribution is 6.03. The number of carbonyl (C=O) groups excluding carboxylic acids is 5. The number of anilines is 1. The predicted molar refractivity (Wildman–Crippen MR) is 128 cm³/mol. The van der Waals surface area contributed by atoms with Crippen LogP contribution in [0.2, 0.25) is 0 Å². The number of aromatic hydroxyl groups is 1. The van der Waals surface area contributed by atoms with Gasteiger partial charge in [0.1, 0.15) is 12.4 Å². The van der Waals surface area contributed by atoms with E-state index in [1.54, 1.807) is 13.0 Å². The van der Waals surface area contributed by atoms with Gasteiger partial charge in [-0.3, -0.25) is 28.9 Å². The molecule has 1 atom stereocenters. The fourth-order valence-electron chi connectivity index (χ4n) is 3.69. The van der Waals surface area contributed by atoms with Crippen LogP contribution >= 0.6 is 0 Å². The van der Waals surface area contributed by atoms with Gasteiger partial charge in [0, 0.05) is 44.7 Å². The molecule has 1 fully saturated rings. The molecule has 4 amide bonds. The van der Waals surface area contributed by atoms with Gasteiger partial charge in [-0.15, -0.1) is 0 Å². The third-order valence-electron chi connectivity index (χ3n) is 5.81. The number of carbonyl (C=O) groups is 5. The predicted octanol–water partition coefficient (Wildman–Crippen LogP) is 2.64. The molecule has 1 saturated heterocycles. The van der Waals surface area contributed by atoms with Crippen LogP contribution in [-0.2, 0) is 35.3 Å². The standard InChI is InChI=1S/C25H35N3O7/c1-3-18-15-23(32)28(25(18)34)13-7-5-6-8-21(30)26-12-11-22(31)27-19-14-17(9-10-20(19)29)16-35-24(33)4-2/h9-10,14,18,29H,3-8,11-13,15-16H2,1-2H3,(H,26,30)(H,27,31). The summed E-state index contributed by atoms with van der Waals surface area (Å²) in [6, 6.07) is 4.53. The third kappa shape index (κ3) is 9.03. The van der Waals surface area contributed by atoms with Crippen molar-refractivity contribution >= 4 is 35.3 Å². The first kappa shape index (κ1) is 27.8. The number of imide groups is 1. The fourth-order valence-corrected chi connectivity index (χ4v) is 3.69. The van der Waals surface area contributed by atoms with Crippen LogP contribution in [0.15, 0.2) is 18.2 Å². The highest BCUT2D eigenvalue weighted by Crippen LogP contribution is 2.25. The van der Waals surface area contributed by atoms with Gasteiger partial charge in [0.2, 0.25) is 23.6 Å². The van der Waals surface area contributed by atoms with Gasteiger partial charge in [-0.2, -0.15) is 0 Å². The number of likely N-dealkylation sites (tertiary alicyclic amines) is 1. The van der Waals surface area contributed by atoms with E-state index in [0.29, 0.717) is 50.6 Å². The number of rotatable bonds is 14. The lowest BCUT2D eigenvalue weighted by Gasteiger charge is -2.14. The fraction of sp³-hybridized carbons (Fsp3) is 0.560. The Hall–Kier alpha value is -3.43. The number of unbranched alkanes of at least 4 members (excludes halogenated alkanes) is 2. The van der Waals surface area contributed by atoms with Crippen molar-refractivity contribution in [3.8, 4) is 5.75 Å². The summed E-state index contributed by atoms with van der Waals surface area (Å²) in [4.78, 5) is 60.8. The second-order valence-electron chi connectivity index (χ2n) is 8.52. The summed E-state index contributed by atoms with van der Waals surface area (Å²) in [7, 11) is 0. The molecule has 1 aromatic carbocycles. The minimum absolute atomic E-state index is 0.0258. The van der Waals surface area contributed by atoms with Crippen LogP contribution < -0.4 is 10.6 Å². The van der Waals surface area contributed by atoms with Gasteiger partial charge < -0.3 is 20.5 Å². The molecule has 1 aromatic rings. The average Bonchev–Trinajstić information content (AvgIpc) is 3.11. The molecular weight excluding hydrogens is 454 g/mol. The zero-order valence-electron chi connectivity index (χ0n) is 20.4. The van der Waals surface area contributed by atoms with Crippen molar-refractivity contribution in [3.05, 3.63) is 23.8 Å². The monoisotopic (exact) mass is 489 g/mol. The molecule has 1 heterocycles. The lowest BCUT2D eigenvalue weighted by molar-refractivity contribution is -0.144. The molecule has 0 aromatic heterocycles. The third-order valence-corrected chi connectivity index (χ3v) is 5.81. The van der Waals surface area contributed by atoms with Crippen LogP contribution in [0, 0.1) is 5.92 Å². The van der Waals surface area contributed by atoms with E-state index in [-0.39, 0.29) is 72.9 Å². The van der Waals surface area contributed by atoms with Gasteiger partial charge in [-0.1, -0.05) is 26.3 Å². The number of nitrogens with one attached hydrogen (secondary N) is 2. The molecule has 1 unspecified atom stereocenters. The summed E-state index contributed by atoms with van der Waals surface area (Å²) in [6.07, 6.45) is 3.53. The number of nitrogens with zero attached hydrogens (tertiary/aromatic N) is 1. The summed E-state index contributed by atoms with van der Waals surface area (Å²) in [5, 5.41) is 15.2. The van der Waals surface area contributed by atoms with Crippen molar-refractivity contribution in [2.24, 2.45) is 5.92 Å². The Labute approximate surface area is 205 Å². The quantitative estimate of drug-likeness (QED) is 0.158. The largest absolute Gasteiger partial charge is 0.506 e. The van der Waals surface area contributed by atoms with Crippen molar-refractivity contribution in [2.45, 2.75) is 71.8 Å². The van der Waals surface area contributed by atoms with E-state index in [2.05, 4.69) is 10.6 Å². The molecule has 2 rings (SSSR count). The molecule has 10 heteroatoms. The molecular formula is C25H35N3O7. The molecule has 0 spiro atoms. The molecule has 3 N–H and O–H groups in total. The van der Waals surface area contributed by atoms with Gasteiger partial charge in [0.15, 0.2) is 0 Å². The van der Waals surface area contributed by atoms with Crippen molar-refractivity contribution < 1.29 is 33.8 Å². The number of benzene rings is 1.